The standard InChI is InChI=1S/C23H28FN5O5S.C22H26FN5O3.ClH/c1-14-26-18(19-12-21(34-28-19)16-6-8-29(9-7-16)35(3,31)32)11-20(27-14)23(30)25-13-15-4-5-17(24)22(10-15)33-2;1-13-26-17(18-11-20(31-28-18)15-5-7-24-8-6-15)10-19(27-13)22(29)25-12-14-3-4-16(23)21(9-14)30-2;/h4-5,10-11,16,21H,6-9,12-13H2,1-3H3,(H,25,30);3-4,9-10,15,20,24H,5-8,11-12H2,1-2H3,(H,25,29);1H. The Hall–Kier alpha value is -5.90. The van der Waals surface area contributed by atoms with E-state index in [2.05, 4.69) is 46.2 Å². The summed E-state index contributed by atoms with van der Waals surface area (Å²) in [6.07, 6.45) is 5.86. The number of aromatic nitrogens is 4. The van der Waals surface area contributed by atoms with Crippen LogP contribution in [0, 0.1) is 37.3 Å². The number of ether oxygens (including phenoxy) is 2. The van der Waals surface area contributed by atoms with Gasteiger partial charge in [0.25, 0.3) is 11.8 Å². The minimum Gasteiger partial charge on any atom is -0.494 e. The molecule has 2 amide bonds. The van der Waals surface area contributed by atoms with Crippen LogP contribution in [0.25, 0.3) is 0 Å². The van der Waals surface area contributed by atoms with Crippen molar-refractivity contribution >= 4 is 45.7 Å². The smallest absolute Gasteiger partial charge is 0.270 e. The monoisotopic (exact) mass is 968 g/mol. The minimum atomic E-state index is -3.19. The Morgan fingerprint density at radius 1 is 0.716 bits per heavy atom. The normalized spacial score (nSPS) is 18.8. The molecule has 2 aromatic heterocycles. The second kappa shape index (κ2) is 22.7. The molecule has 2 unspecified atom stereocenters. The highest BCUT2D eigenvalue weighted by atomic mass is 35.5. The molecule has 4 aliphatic heterocycles. The second-order valence-corrected chi connectivity index (χ2v) is 18.5. The Bertz CT molecular complexity index is 2590. The van der Waals surface area contributed by atoms with Gasteiger partial charge >= 0.3 is 0 Å². The van der Waals surface area contributed by atoms with Crippen LogP contribution >= 0.6 is 12.4 Å². The van der Waals surface area contributed by atoms with E-state index in [-0.39, 0.29) is 72.4 Å². The van der Waals surface area contributed by atoms with Gasteiger partial charge in [0.15, 0.2) is 23.1 Å². The number of halogens is 3. The third kappa shape index (κ3) is 13.2. The Kier molecular flexibility index (Phi) is 17.1. The summed E-state index contributed by atoms with van der Waals surface area (Å²) in [6, 6.07) is 12.1. The van der Waals surface area contributed by atoms with Crippen molar-refractivity contribution in [3.8, 4) is 11.5 Å². The number of nitrogens with zero attached hydrogens (tertiary/aromatic N) is 7. The lowest BCUT2D eigenvalue weighted by Crippen LogP contribution is -2.40. The molecule has 3 N–H and O–H groups in total. The molecule has 2 fully saturated rings. The van der Waals surface area contributed by atoms with Gasteiger partial charge < -0.3 is 35.1 Å². The maximum absolute atomic E-state index is 13.6. The number of benzene rings is 2. The molecule has 0 aliphatic carbocycles. The van der Waals surface area contributed by atoms with Gasteiger partial charge in [0.1, 0.15) is 46.7 Å². The number of oxime groups is 2. The highest BCUT2D eigenvalue weighted by Gasteiger charge is 2.36. The molecule has 2 aromatic carbocycles. The third-order valence-corrected chi connectivity index (χ3v) is 13.2. The lowest BCUT2D eigenvalue weighted by atomic mass is 9.89. The molecule has 360 valence electrons. The number of piperidine rings is 2. The fourth-order valence-electron chi connectivity index (χ4n) is 8.23. The number of carbonyl (C=O) groups is 2. The van der Waals surface area contributed by atoms with Crippen molar-refractivity contribution in [3.63, 3.8) is 0 Å². The molecule has 22 heteroatoms. The first-order valence-corrected chi connectivity index (χ1v) is 23.6. The Morgan fingerprint density at radius 3 is 1.57 bits per heavy atom. The molecule has 0 bridgehead atoms. The summed E-state index contributed by atoms with van der Waals surface area (Å²) >= 11 is 0. The number of nitrogens with one attached hydrogen (secondary N) is 3. The average molecular weight is 970 g/mol. The number of rotatable bonds is 13. The van der Waals surface area contributed by atoms with E-state index in [4.69, 9.17) is 19.1 Å². The van der Waals surface area contributed by atoms with Crippen molar-refractivity contribution in [3.05, 3.63) is 106 Å². The first-order chi connectivity index (χ1) is 31.7. The van der Waals surface area contributed by atoms with E-state index in [1.807, 2.05) is 0 Å². The molecule has 0 spiro atoms. The molecule has 0 radical (unpaired) electrons. The molecule has 18 nitrogen and oxygen atoms in total. The maximum Gasteiger partial charge on any atom is 0.270 e. The number of sulfonamides is 1. The summed E-state index contributed by atoms with van der Waals surface area (Å²) < 4.78 is 62.1. The molecular weight excluding hydrogens is 914 g/mol. The summed E-state index contributed by atoms with van der Waals surface area (Å²) in [4.78, 5) is 54.2. The van der Waals surface area contributed by atoms with Crippen LogP contribution in [0.4, 0.5) is 8.78 Å². The van der Waals surface area contributed by atoms with Gasteiger partial charge in [-0.05, 0) is 100 Å². The van der Waals surface area contributed by atoms with Crippen molar-refractivity contribution in [2.75, 3.05) is 46.7 Å². The van der Waals surface area contributed by atoms with E-state index in [9.17, 15) is 26.8 Å². The molecule has 8 rings (SSSR count). The van der Waals surface area contributed by atoms with Crippen LogP contribution in [0.1, 0.15) is 93.7 Å². The van der Waals surface area contributed by atoms with Crippen molar-refractivity contribution in [2.45, 2.75) is 77.7 Å². The third-order valence-electron chi connectivity index (χ3n) is 11.9. The number of hydrogen-bond donors (Lipinski definition) is 3. The Labute approximate surface area is 394 Å². The molecule has 6 heterocycles. The predicted molar refractivity (Wildman–Crippen MR) is 246 cm³/mol. The molecule has 67 heavy (non-hydrogen) atoms. The quantitative estimate of drug-likeness (QED) is 0.164. The zero-order valence-corrected chi connectivity index (χ0v) is 39.5. The first kappa shape index (κ1) is 50.5. The van der Waals surface area contributed by atoms with Crippen LogP contribution in [0.2, 0.25) is 0 Å². The second-order valence-electron chi connectivity index (χ2n) is 16.5. The Balaban J connectivity index is 0.000000219. The van der Waals surface area contributed by atoms with E-state index in [0.717, 1.165) is 37.2 Å². The van der Waals surface area contributed by atoms with Crippen molar-refractivity contribution in [1.82, 2.24) is 40.2 Å². The van der Waals surface area contributed by atoms with Crippen LogP contribution in [-0.4, -0.2) is 115 Å². The van der Waals surface area contributed by atoms with Crippen LogP contribution < -0.4 is 25.4 Å². The minimum absolute atomic E-state index is 0. The van der Waals surface area contributed by atoms with E-state index in [0.29, 0.717) is 79.0 Å². The topological polar surface area (TPSA) is 221 Å². The SMILES string of the molecule is COc1cc(CNC(=O)c2cc(C3=NOC(C4CCN(S(C)(=O)=O)CC4)C3)nc(C)n2)ccc1F.COc1cc(CNC(=O)c2cc(C3=NOC(C4CCNCC4)C3)nc(C)n2)ccc1F.Cl. The van der Waals surface area contributed by atoms with Crippen molar-refractivity contribution in [1.29, 1.82) is 0 Å². The first-order valence-electron chi connectivity index (χ1n) is 21.7. The number of amides is 2. The van der Waals surface area contributed by atoms with Gasteiger partial charge in [0, 0.05) is 50.9 Å². The van der Waals surface area contributed by atoms with Crippen molar-refractivity contribution < 1.29 is 45.9 Å². The molecule has 4 aliphatic rings. The van der Waals surface area contributed by atoms with Crippen LogP contribution in [-0.2, 0) is 32.8 Å². The highest BCUT2D eigenvalue weighted by molar-refractivity contribution is 7.88. The van der Waals surface area contributed by atoms with Gasteiger partial charge in [0.05, 0.1) is 31.9 Å². The van der Waals surface area contributed by atoms with E-state index in [1.165, 1.54) is 43.0 Å². The van der Waals surface area contributed by atoms with Crippen LogP contribution in [0.3, 0.4) is 0 Å². The summed E-state index contributed by atoms with van der Waals surface area (Å²) in [6.45, 7) is 6.76. The fourth-order valence-corrected chi connectivity index (χ4v) is 9.11. The van der Waals surface area contributed by atoms with Gasteiger partial charge in [-0.3, -0.25) is 9.59 Å². The average Bonchev–Trinajstić information content (AvgIpc) is 4.03. The van der Waals surface area contributed by atoms with Crippen molar-refractivity contribution in [2.24, 2.45) is 22.1 Å². The Morgan fingerprint density at radius 2 is 1.15 bits per heavy atom. The summed E-state index contributed by atoms with van der Waals surface area (Å²) in [5.74, 6) is 0.140. The molecule has 2 atom stereocenters. The molecule has 0 saturated carbocycles. The lowest BCUT2D eigenvalue weighted by molar-refractivity contribution is 0.0225. The number of methoxy groups -OCH3 is 2. The lowest BCUT2D eigenvalue weighted by Gasteiger charge is -2.32. The summed E-state index contributed by atoms with van der Waals surface area (Å²) in [7, 11) is -0.407. The zero-order valence-electron chi connectivity index (χ0n) is 37.9. The fraction of sp³-hybridized carbons (Fsp3) is 0.467. The number of hydrogen-bond acceptors (Lipinski definition) is 15. The van der Waals surface area contributed by atoms with Gasteiger partial charge in [0.2, 0.25) is 10.0 Å². The van der Waals surface area contributed by atoms with E-state index in [1.54, 1.807) is 44.2 Å². The maximum atomic E-state index is 13.6. The number of carbonyl (C=O) groups excluding carboxylic acids is 2. The van der Waals surface area contributed by atoms with E-state index >= 15 is 0 Å². The summed E-state index contributed by atoms with van der Waals surface area (Å²) in [5.41, 5.74) is 4.34. The van der Waals surface area contributed by atoms with Gasteiger partial charge in [-0.15, -0.1) is 12.4 Å². The number of aryl methyl sites for hydroxylation is 2. The van der Waals surface area contributed by atoms with Gasteiger partial charge in [-0.1, -0.05) is 22.4 Å². The summed E-state index contributed by atoms with van der Waals surface area (Å²) in [5, 5.41) is 17.4. The van der Waals surface area contributed by atoms with E-state index < -0.39 is 27.6 Å². The van der Waals surface area contributed by atoms with Crippen LogP contribution in [0.5, 0.6) is 11.5 Å². The zero-order chi connectivity index (χ0) is 47.0. The molecule has 4 aromatic rings. The molecule has 2 saturated heterocycles. The van der Waals surface area contributed by atoms with Gasteiger partial charge in [-0.25, -0.2) is 41.4 Å². The van der Waals surface area contributed by atoms with Crippen LogP contribution in [0.15, 0.2) is 58.8 Å². The van der Waals surface area contributed by atoms with Gasteiger partial charge in [-0.2, -0.15) is 0 Å². The predicted octanol–water partition coefficient (Wildman–Crippen LogP) is 4.80. The largest absolute Gasteiger partial charge is 0.494 e. The molecular formula is C45H55ClF2N10O8S. The highest BCUT2D eigenvalue weighted by Crippen LogP contribution is 2.31.